The van der Waals surface area contributed by atoms with Gasteiger partial charge in [0.2, 0.25) is 0 Å². The summed E-state index contributed by atoms with van der Waals surface area (Å²) in [7, 11) is 0. The number of carbonyl (C=O) groups excluding carboxylic acids is 1. The molecule has 0 aliphatic rings. The van der Waals surface area contributed by atoms with Crippen LogP contribution >= 0.6 is 0 Å². The second-order valence-electron chi connectivity index (χ2n) is 3.60. The van der Waals surface area contributed by atoms with Crippen LogP contribution in [0.1, 0.15) is 24.2 Å². The molecular formula is C12H15FN2O3. The normalized spacial score (nSPS) is 9.94. The van der Waals surface area contributed by atoms with Gasteiger partial charge in [0, 0.05) is 18.8 Å². The lowest BCUT2D eigenvalue weighted by atomic mass is 10.2. The van der Waals surface area contributed by atoms with Gasteiger partial charge in [0.15, 0.2) is 0 Å². The maximum Gasteiger partial charge on any atom is 0.338 e. The van der Waals surface area contributed by atoms with Crippen molar-refractivity contribution in [1.29, 1.82) is 0 Å². The lowest BCUT2D eigenvalue weighted by molar-refractivity contribution is 0.0692. The molecule has 98 valence electrons. The number of nitrogens with one attached hydrogen (secondary N) is 1. The van der Waals surface area contributed by atoms with Crippen LogP contribution in [-0.4, -0.2) is 35.1 Å². The van der Waals surface area contributed by atoms with Gasteiger partial charge in [-0.1, -0.05) is 0 Å². The SMILES string of the molecule is CCN(CC)C(=O)Nc1ccc(C(=O)O)c(F)c1. The van der Waals surface area contributed by atoms with Crippen LogP contribution in [0.4, 0.5) is 14.9 Å². The van der Waals surface area contributed by atoms with Crippen LogP contribution in [0.15, 0.2) is 18.2 Å². The van der Waals surface area contributed by atoms with Gasteiger partial charge in [0.25, 0.3) is 0 Å². The van der Waals surface area contributed by atoms with Crippen molar-refractivity contribution in [3.63, 3.8) is 0 Å². The van der Waals surface area contributed by atoms with Gasteiger partial charge in [0.1, 0.15) is 5.82 Å². The van der Waals surface area contributed by atoms with Gasteiger partial charge in [-0.3, -0.25) is 0 Å². The molecule has 0 spiro atoms. The number of hydrogen-bond donors (Lipinski definition) is 2. The van der Waals surface area contributed by atoms with Crippen LogP contribution < -0.4 is 5.32 Å². The number of carboxylic acids is 1. The summed E-state index contributed by atoms with van der Waals surface area (Å²) >= 11 is 0. The topological polar surface area (TPSA) is 69.6 Å². The van der Waals surface area contributed by atoms with Gasteiger partial charge >= 0.3 is 12.0 Å². The summed E-state index contributed by atoms with van der Waals surface area (Å²) in [5, 5.41) is 11.2. The highest BCUT2D eigenvalue weighted by Crippen LogP contribution is 2.15. The van der Waals surface area contributed by atoms with Crippen LogP contribution in [-0.2, 0) is 0 Å². The Labute approximate surface area is 104 Å². The Morgan fingerprint density at radius 2 is 1.94 bits per heavy atom. The van der Waals surface area contributed by atoms with E-state index in [2.05, 4.69) is 5.32 Å². The molecule has 2 N–H and O–H groups in total. The molecule has 0 radical (unpaired) electrons. The smallest absolute Gasteiger partial charge is 0.338 e. The van der Waals surface area contributed by atoms with E-state index < -0.39 is 17.3 Å². The molecule has 0 bridgehead atoms. The van der Waals surface area contributed by atoms with Crippen molar-refractivity contribution in [2.45, 2.75) is 13.8 Å². The number of benzene rings is 1. The Kier molecular flexibility index (Phi) is 4.65. The lowest BCUT2D eigenvalue weighted by Crippen LogP contribution is -2.34. The largest absolute Gasteiger partial charge is 0.478 e. The number of aromatic carboxylic acids is 1. The van der Waals surface area contributed by atoms with Gasteiger partial charge < -0.3 is 15.3 Å². The first kappa shape index (κ1) is 14.0. The number of halogens is 1. The van der Waals surface area contributed by atoms with Crippen molar-refractivity contribution >= 4 is 17.7 Å². The highest BCUT2D eigenvalue weighted by Gasteiger charge is 2.13. The van der Waals surface area contributed by atoms with Crippen molar-refractivity contribution in [2.24, 2.45) is 0 Å². The number of urea groups is 1. The standard InChI is InChI=1S/C12H15FN2O3/c1-3-15(4-2)12(18)14-8-5-6-9(11(16)17)10(13)7-8/h5-7H,3-4H2,1-2H3,(H,14,18)(H,16,17). The minimum atomic E-state index is -1.34. The van der Waals surface area contributed by atoms with Crippen molar-refractivity contribution < 1.29 is 19.1 Å². The molecule has 0 heterocycles. The monoisotopic (exact) mass is 254 g/mol. The minimum Gasteiger partial charge on any atom is -0.478 e. The fourth-order valence-electron chi connectivity index (χ4n) is 1.48. The first-order valence-electron chi connectivity index (χ1n) is 5.58. The molecule has 0 aliphatic heterocycles. The summed E-state index contributed by atoms with van der Waals surface area (Å²) in [5.74, 6) is -2.21. The Morgan fingerprint density at radius 1 is 1.33 bits per heavy atom. The summed E-state index contributed by atoms with van der Waals surface area (Å²) in [4.78, 5) is 23.8. The van der Waals surface area contributed by atoms with Crippen LogP contribution in [0.25, 0.3) is 0 Å². The lowest BCUT2D eigenvalue weighted by Gasteiger charge is -2.19. The van der Waals surface area contributed by atoms with E-state index >= 15 is 0 Å². The van der Waals surface area contributed by atoms with E-state index in [0.717, 1.165) is 12.1 Å². The fourth-order valence-corrected chi connectivity index (χ4v) is 1.48. The second-order valence-corrected chi connectivity index (χ2v) is 3.60. The number of hydrogen-bond acceptors (Lipinski definition) is 2. The summed E-state index contributed by atoms with van der Waals surface area (Å²) in [6, 6.07) is 3.12. The van der Waals surface area contributed by atoms with Crippen LogP contribution in [0, 0.1) is 5.82 Å². The quantitative estimate of drug-likeness (QED) is 0.866. The third-order valence-electron chi connectivity index (χ3n) is 2.50. The number of carboxylic acid groups (broad SMARTS) is 1. The molecule has 0 saturated heterocycles. The number of amides is 2. The third kappa shape index (κ3) is 3.19. The zero-order valence-electron chi connectivity index (χ0n) is 10.2. The molecule has 18 heavy (non-hydrogen) atoms. The fraction of sp³-hybridized carbons (Fsp3) is 0.333. The van der Waals surface area contributed by atoms with E-state index in [1.165, 1.54) is 11.0 Å². The zero-order valence-corrected chi connectivity index (χ0v) is 10.2. The Balaban J connectivity index is 2.83. The van der Waals surface area contributed by atoms with Gasteiger partial charge in [-0.2, -0.15) is 0 Å². The Bertz CT molecular complexity index is 459. The van der Waals surface area contributed by atoms with E-state index in [9.17, 15) is 14.0 Å². The van der Waals surface area contributed by atoms with Crippen molar-refractivity contribution in [3.8, 4) is 0 Å². The number of anilines is 1. The summed E-state index contributed by atoms with van der Waals surface area (Å²) in [6.45, 7) is 4.74. The van der Waals surface area contributed by atoms with Crippen LogP contribution in [0.2, 0.25) is 0 Å². The highest BCUT2D eigenvalue weighted by atomic mass is 19.1. The number of rotatable bonds is 4. The van der Waals surface area contributed by atoms with Crippen molar-refractivity contribution in [2.75, 3.05) is 18.4 Å². The molecule has 0 atom stereocenters. The first-order chi connectivity index (χ1) is 8.49. The van der Waals surface area contributed by atoms with Gasteiger partial charge in [-0.15, -0.1) is 0 Å². The molecule has 1 aromatic rings. The van der Waals surface area contributed by atoms with E-state index in [4.69, 9.17) is 5.11 Å². The molecule has 0 unspecified atom stereocenters. The predicted molar refractivity (Wildman–Crippen MR) is 65.3 cm³/mol. The number of carbonyl (C=O) groups is 2. The molecule has 0 saturated carbocycles. The molecule has 0 fully saturated rings. The van der Waals surface area contributed by atoms with Crippen molar-refractivity contribution in [1.82, 2.24) is 4.90 Å². The molecule has 0 aromatic heterocycles. The minimum absolute atomic E-state index is 0.231. The van der Waals surface area contributed by atoms with E-state index in [0.29, 0.717) is 13.1 Å². The molecule has 0 aliphatic carbocycles. The molecule has 2 amide bonds. The zero-order chi connectivity index (χ0) is 13.7. The maximum absolute atomic E-state index is 13.4. The molecule has 6 heteroatoms. The summed E-state index contributed by atoms with van der Waals surface area (Å²) in [6.07, 6.45) is 0. The molecule has 1 aromatic carbocycles. The Hall–Kier alpha value is -2.11. The predicted octanol–water partition coefficient (Wildman–Crippen LogP) is 2.40. The molecule has 5 nitrogen and oxygen atoms in total. The van der Waals surface area contributed by atoms with Gasteiger partial charge in [-0.05, 0) is 32.0 Å². The number of nitrogens with zero attached hydrogens (tertiary/aromatic N) is 1. The first-order valence-corrected chi connectivity index (χ1v) is 5.58. The molecule has 1 rings (SSSR count). The summed E-state index contributed by atoms with van der Waals surface area (Å²) in [5.41, 5.74) is -0.190. The van der Waals surface area contributed by atoms with E-state index in [-0.39, 0.29) is 11.7 Å². The maximum atomic E-state index is 13.4. The second kappa shape index (κ2) is 6.00. The van der Waals surface area contributed by atoms with E-state index in [1.807, 2.05) is 13.8 Å². The molecular weight excluding hydrogens is 239 g/mol. The average Bonchev–Trinajstić information content (AvgIpc) is 2.30. The van der Waals surface area contributed by atoms with Gasteiger partial charge in [-0.25, -0.2) is 14.0 Å². The van der Waals surface area contributed by atoms with Gasteiger partial charge in [0.05, 0.1) is 5.56 Å². The van der Waals surface area contributed by atoms with Crippen molar-refractivity contribution in [3.05, 3.63) is 29.6 Å². The third-order valence-corrected chi connectivity index (χ3v) is 2.50. The Morgan fingerprint density at radius 3 is 2.39 bits per heavy atom. The average molecular weight is 254 g/mol. The van der Waals surface area contributed by atoms with Crippen LogP contribution in [0.3, 0.4) is 0 Å². The van der Waals surface area contributed by atoms with Crippen LogP contribution in [0.5, 0.6) is 0 Å². The highest BCUT2D eigenvalue weighted by molar-refractivity contribution is 5.91. The van der Waals surface area contributed by atoms with E-state index in [1.54, 1.807) is 0 Å². The summed E-state index contributed by atoms with van der Waals surface area (Å²) < 4.78 is 13.4.